The Bertz CT molecular complexity index is 427. The van der Waals surface area contributed by atoms with Crippen molar-refractivity contribution >= 4 is 24.2 Å². The Balaban J connectivity index is 2.63. The van der Waals surface area contributed by atoms with Crippen molar-refractivity contribution < 1.29 is 4.79 Å². The van der Waals surface area contributed by atoms with Crippen molar-refractivity contribution in [3.05, 3.63) is 40.9 Å². The molecule has 0 heterocycles. The molecule has 0 saturated carbocycles. The fourth-order valence-corrected chi connectivity index (χ4v) is 1.46. The third kappa shape index (κ3) is 4.84. The van der Waals surface area contributed by atoms with Crippen LogP contribution >= 0.6 is 12.6 Å². The number of amides is 1. The van der Waals surface area contributed by atoms with Crippen LogP contribution in [0, 0.1) is 5.92 Å². The zero-order valence-electron chi connectivity index (χ0n) is 11.0. The molecule has 98 valence electrons. The van der Waals surface area contributed by atoms with Gasteiger partial charge in [-0.25, -0.2) is 0 Å². The number of rotatable bonds is 5. The lowest BCUT2D eigenvalue weighted by atomic mass is 10.2. The number of benzene rings is 1. The van der Waals surface area contributed by atoms with Crippen LogP contribution in [0.3, 0.4) is 0 Å². The van der Waals surface area contributed by atoms with E-state index in [2.05, 4.69) is 37.1 Å². The van der Waals surface area contributed by atoms with Gasteiger partial charge in [0.05, 0.1) is 4.91 Å². The molecule has 0 atom stereocenters. The summed E-state index contributed by atoms with van der Waals surface area (Å²) in [5, 5.41) is 5.99. The fraction of sp³-hybridized carbons (Fsp3) is 0.357. The summed E-state index contributed by atoms with van der Waals surface area (Å²) in [6.45, 7) is 6.91. The van der Waals surface area contributed by atoms with Crippen molar-refractivity contribution in [1.29, 1.82) is 0 Å². The van der Waals surface area contributed by atoms with Gasteiger partial charge in [0.2, 0.25) is 0 Å². The summed E-state index contributed by atoms with van der Waals surface area (Å²) < 4.78 is 0. The van der Waals surface area contributed by atoms with Crippen LogP contribution in [-0.4, -0.2) is 12.5 Å². The summed E-state index contributed by atoms with van der Waals surface area (Å²) in [5.74, 6) is 0.330. The number of thiol groups is 1. The largest absolute Gasteiger partial charge is 0.387 e. The third-order valence-corrected chi connectivity index (χ3v) is 2.92. The predicted octanol–water partition coefficient (Wildman–Crippen LogP) is 3.03. The maximum absolute atomic E-state index is 11.9. The monoisotopic (exact) mass is 264 g/mol. The Morgan fingerprint density at radius 2 is 1.89 bits per heavy atom. The molecular weight excluding hydrogens is 244 g/mol. The van der Waals surface area contributed by atoms with Crippen LogP contribution in [0.2, 0.25) is 0 Å². The molecule has 18 heavy (non-hydrogen) atoms. The minimum Gasteiger partial charge on any atom is -0.387 e. The van der Waals surface area contributed by atoms with Crippen LogP contribution in [0.4, 0.5) is 5.69 Å². The molecule has 0 aromatic heterocycles. The molecule has 1 rings (SSSR count). The topological polar surface area (TPSA) is 41.1 Å². The standard InChI is InChI=1S/C14H20N2OS/c1-10(2)9-15-11(3)13(18)14(17)16-12-7-5-4-6-8-12/h4-8,10,15,18H,9H2,1-3H3,(H,16,17)/b13-11+. The van der Waals surface area contributed by atoms with Gasteiger partial charge in [0, 0.05) is 17.9 Å². The maximum atomic E-state index is 11.9. The molecule has 1 aromatic rings. The van der Waals surface area contributed by atoms with Gasteiger partial charge in [0.15, 0.2) is 0 Å². The van der Waals surface area contributed by atoms with Gasteiger partial charge in [0.25, 0.3) is 5.91 Å². The van der Waals surface area contributed by atoms with E-state index in [-0.39, 0.29) is 5.91 Å². The Labute approximate surface area is 114 Å². The van der Waals surface area contributed by atoms with Crippen molar-refractivity contribution in [2.75, 3.05) is 11.9 Å². The van der Waals surface area contributed by atoms with Crippen molar-refractivity contribution in [3.63, 3.8) is 0 Å². The zero-order valence-corrected chi connectivity index (χ0v) is 11.9. The van der Waals surface area contributed by atoms with Crippen LogP contribution < -0.4 is 10.6 Å². The zero-order chi connectivity index (χ0) is 13.5. The van der Waals surface area contributed by atoms with Gasteiger partial charge in [-0.15, -0.1) is 12.6 Å². The molecular formula is C14H20N2OS. The minimum atomic E-state index is -0.196. The van der Waals surface area contributed by atoms with Gasteiger partial charge in [-0.05, 0) is 25.0 Å². The summed E-state index contributed by atoms with van der Waals surface area (Å²) in [6, 6.07) is 9.34. The van der Waals surface area contributed by atoms with E-state index in [4.69, 9.17) is 0 Å². The number of para-hydroxylation sites is 1. The average Bonchev–Trinajstić information content (AvgIpc) is 2.36. The lowest BCUT2D eigenvalue weighted by Crippen LogP contribution is -2.22. The smallest absolute Gasteiger partial charge is 0.263 e. The normalized spacial score (nSPS) is 12.1. The summed E-state index contributed by atoms with van der Waals surface area (Å²) in [5.41, 5.74) is 1.56. The Hall–Kier alpha value is -1.42. The Morgan fingerprint density at radius 1 is 1.28 bits per heavy atom. The molecule has 0 radical (unpaired) electrons. The quantitative estimate of drug-likeness (QED) is 0.565. The number of hydrogen-bond acceptors (Lipinski definition) is 3. The number of carbonyl (C=O) groups excluding carboxylic acids is 1. The van der Waals surface area contributed by atoms with Crippen molar-refractivity contribution in [2.24, 2.45) is 5.92 Å². The van der Waals surface area contributed by atoms with Crippen molar-refractivity contribution in [1.82, 2.24) is 5.32 Å². The van der Waals surface area contributed by atoms with E-state index in [9.17, 15) is 4.79 Å². The summed E-state index contributed by atoms with van der Waals surface area (Å²) in [4.78, 5) is 12.3. The molecule has 0 saturated heterocycles. The molecule has 0 bridgehead atoms. The molecule has 2 N–H and O–H groups in total. The van der Waals surface area contributed by atoms with E-state index in [1.165, 1.54) is 0 Å². The first-order valence-electron chi connectivity index (χ1n) is 6.00. The highest BCUT2D eigenvalue weighted by molar-refractivity contribution is 7.85. The minimum absolute atomic E-state index is 0.196. The van der Waals surface area contributed by atoms with E-state index < -0.39 is 0 Å². The van der Waals surface area contributed by atoms with Crippen LogP contribution in [0.25, 0.3) is 0 Å². The lowest BCUT2D eigenvalue weighted by Gasteiger charge is -2.12. The highest BCUT2D eigenvalue weighted by Gasteiger charge is 2.09. The molecule has 3 nitrogen and oxygen atoms in total. The van der Waals surface area contributed by atoms with Gasteiger partial charge >= 0.3 is 0 Å². The number of allylic oxidation sites excluding steroid dienone is 1. The van der Waals surface area contributed by atoms with Gasteiger partial charge < -0.3 is 10.6 Å². The lowest BCUT2D eigenvalue weighted by molar-refractivity contribution is -0.112. The first-order chi connectivity index (χ1) is 8.50. The van der Waals surface area contributed by atoms with Gasteiger partial charge in [-0.2, -0.15) is 0 Å². The molecule has 0 aliphatic heterocycles. The van der Waals surface area contributed by atoms with E-state index in [1.807, 2.05) is 37.3 Å². The van der Waals surface area contributed by atoms with E-state index in [0.29, 0.717) is 10.8 Å². The van der Waals surface area contributed by atoms with Gasteiger partial charge in [0.1, 0.15) is 0 Å². The molecule has 0 fully saturated rings. The Morgan fingerprint density at radius 3 is 2.44 bits per heavy atom. The number of nitrogens with one attached hydrogen (secondary N) is 2. The molecule has 0 spiro atoms. The highest BCUT2D eigenvalue weighted by Crippen LogP contribution is 2.12. The Kier molecular flexibility index (Phi) is 5.78. The first kappa shape index (κ1) is 14.6. The number of carbonyl (C=O) groups is 1. The van der Waals surface area contributed by atoms with E-state index in [0.717, 1.165) is 17.9 Å². The second-order valence-electron chi connectivity index (χ2n) is 4.57. The fourth-order valence-electron chi connectivity index (χ4n) is 1.32. The average molecular weight is 264 g/mol. The molecule has 1 aromatic carbocycles. The molecule has 0 aliphatic rings. The summed E-state index contributed by atoms with van der Waals surface area (Å²) in [7, 11) is 0. The number of anilines is 1. The third-order valence-electron chi connectivity index (χ3n) is 2.38. The second kappa shape index (κ2) is 7.11. The van der Waals surface area contributed by atoms with Crippen LogP contribution in [0.5, 0.6) is 0 Å². The molecule has 0 unspecified atom stereocenters. The van der Waals surface area contributed by atoms with E-state index >= 15 is 0 Å². The van der Waals surface area contributed by atoms with Gasteiger partial charge in [-0.3, -0.25) is 4.79 Å². The first-order valence-corrected chi connectivity index (χ1v) is 6.45. The SMILES string of the molecule is C/C(NCC(C)C)=C(\S)C(=O)Nc1ccccc1. The van der Waals surface area contributed by atoms with Gasteiger partial charge in [-0.1, -0.05) is 32.0 Å². The van der Waals surface area contributed by atoms with Crippen molar-refractivity contribution in [3.8, 4) is 0 Å². The molecule has 1 amide bonds. The summed E-state index contributed by atoms with van der Waals surface area (Å²) >= 11 is 4.26. The second-order valence-corrected chi connectivity index (χ2v) is 5.02. The number of hydrogen-bond donors (Lipinski definition) is 3. The van der Waals surface area contributed by atoms with Crippen LogP contribution in [-0.2, 0) is 4.79 Å². The molecule has 4 heteroatoms. The van der Waals surface area contributed by atoms with Crippen LogP contribution in [0.1, 0.15) is 20.8 Å². The highest BCUT2D eigenvalue weighted by atomic mass is 32.1. The summed E-state index contributed by atoms with van der Waals surface area (Å²) in [6.07, 6.45) is 0. The maximum Gasteiger partial charge on any atom is 0.263 e. The van der Waals surface area contributed by atoms with Crippen LogP contribution in [0.15, 0.2) is 40.9 Å². The predicted molar refractivity (Wildman–Crippen MR) is 79.6 cm³/mol. The molecule has 0 aliphatic carbocycles. The van der Waals surface area contributed by atoms with Crippen molar-refractivity contribution in [2.45, 2.75) is 20.8 Å². The van der Waals surface area contributed by atoms with E-state index in [1.54, 1.807) is 0 Å².